The second-order valence-electron chi connectivity index (χ2n) is 5.57. The van der Waals surface area contributed by atoms with Crippen molar-refractivity contribution in [2.45, 2.75) is 37.4 Å². The molecule has 1 aromatic rings. The molecule has 10 heteroatoms. The lowest BCUT2D eigenvalue weighted by Crippen LogP contribution is -2.55. The molecule has 1 saturated heterocycles. The predicted molar refractivity (Wildman–Crippen MR) is 88.7 cm³/mol. The number of hydrogen-bond donors (Lipinski definition) is 6. The number of aromatic amines is 1. The Morgan fingerprint density at radius 2 is 2.17 bits per heavy atom. The monoisotopic (exact) mass is 355 g/mol. The third kappa shape index (κ3) is 4.96. The van der Waals surface area contributed by atoms with Gasteiger partial charge < -0.3 is 26.0 Å². The van der Waals surface area contributed by atoms with Crippen LogP contribution < -0.4 is 16.0 Å². The van der Waals surface area contributed by atoms with Crippen LogP contribution in [0.5, 0.6) is 0 Å². The Balaban J connectivity index is 1.93. The number of carbonyl (C=O) groups is 3. The molecule has 9 nitrogen and oxygen atoms in total. The molecule has 0 radical (unpaired) electrons. The maximum Gasteiger partial charge on any atom is 0.326 e. The van der Waals surface area contributed by atoms with Crippen molar-refractivity contribution < 1.29 is 19.5 Å². The SMILES string of the molecule is O=C(O)[C@H](Cc1cnc[nH]1)NC(=O)[C@H](CS)NC(=O)[C@@H]1CCCN1. The summed E-state index contributed by atoms with van der Waals surface area (Å²) in [5.41, 5.74) is 0.587. The summed E-state index contributed by atoms with van der Waals surface area (Å²) >= 11 is 4.08. The summed E-state index contributed by atoms with van der Waals surface area (Å²) < 4.78 is 0. The summed E-state index contributed by atoms with van der Waals surface area (Å²) in [6.45, 7) is 0.765. The van der Waals surface area contributed by atoms with Gasteiger partial charge in [-0.1, -0.05) is 0 Å². The second kappa shape index (κ2) is 8.69. The highest BCUT2D eigenvalue weighted by molar-refractivity contribution is 7.80. The zero-order valence-electron chi connectivity index (χ0n) is 13.0. The first-order chi connectivity index (χ1) is 11.5. The number of nitrogens with zero attached hydrogens (tertiary/aromatic N) is 1. The van der Waals surface area contributed by atoms with Crippen LogP contribution in [0, 0.1) is 0 Å². The van der Waals surface area contributed by atoms with E-state index in [-0.39, 0.29) is 24.1 Å². The first-order valence-corrected chi connectivity index (χ1v) is 8.29. The fourth-order valence-corrected chi connectivity index (χ4v) is 2.72. The van der Waals surface area contributed by atoms with Crippen molar-refractivity contribution in [1.29, 1.82) is 0 Å². The average Bonchev–Trinajstić information content (AvgIpc) is 3.24. The Bertz CT molecular complexity index is 574. The molecule has 1 aromatic heterocycles. The van der Waals surface area contributed by atoms with Gasteiger partial charge in [-0.15, -0.1) is 0 Å². The molecular weight excluding hydrogens is 334 g/mol. The molecule has 24 heavy (non-hydrogen) atoms. The molecule has 1 aliphatic rings. The Labute approximate surface area is 144 Å². The van der Waals surface area contributed by atoms with E-state index < -0.39 is 24.0 Å². The minimum atomic E-state index is -1.17. The quantitative estimate of drug-likeness (QED) is 0.320. The van der Waals surface area contributed by atoms with Crippen LogP contribution >= 0.6 is 12.6 Å². The lowest BCUT2D eigenvalue weighted by Gasteiger charge is -2.21. The van der Waals surface area contributed by atoms with Gasteiger partial charge in [0.2, 0.25) is 11.8 Å². The number of aliphatic carboxylic acids is 1. The molecule has 132 valence electrons. The van der Waals surface area contributed by atoms with Crippen LogP contribution in [-0.4, -0.2) is 63.3 Å². The lowest BCUT2D eigenvalue weighted by molar-refractivity contribution is -0.142. The number of nitrogens with one attached hydrogen (secondary N) is 4. The van der Waals surface area contributed by atoms with Crippen LogP contribution in [0.15, 0.2) is 12.5 Å². The number of carboxylic acids is 1. The largest absolute Gasteiger partial charge is 0.480 e. The third-order valence-electron chi connectivity index (χ3n) is 3.79. The van der Waals surface area contributed by atoms with Crippen molar-refractivity contribution in [2.75, 3.05) is 12.3 Å². The predicted octanol–water partition coefficient (Wildman–Crippen LogP) is -1.31. The van der Waals surface area contributed by atoms with Gasteiger partial charge in [0, 0.05) is 24.1 Å². The zero-order chi connectivity index (χ0) is 17.5. The number of imidazole rings is 1. The van der Waals surface area contributed by atoms with E-state index in [1.165, 1.54) is 12.5 Å². The van der Waals surface area contributed by atoms with Crippen molar-refractivity contribution in [3.8, 4) is 0 Å². The van der Waals surface area contributed by atoms with Gasteiger partial charge in [0.15, 0.2) is 0 Å². The summed E-state index contributed by atoms with van der Waals surface area (Å²) in [7, 11) is 0. The number of aromatic nitrogens is 2. The minimum absolute atomic E-state index is 0.0679. The van der Waals surface area contributed by atoms with Gasteiger partial charge in [-0.25, -0.2) is 9.78 Å². The van der Waals surface area contributed by atoms with Gasteiger partial charge in [0.05, 0.1) is 12.4 Å². The van der Waals surface area contributed by atoms with E-state index in [2.05, 4.69) is 38.5 Å². The van der Waals surface area contributed by atoms with Crippen LogP contribution in [0.3, 0.4) is 0 Å². The summed E-state index contributed by atoms with van der Waals surface area (Å²) in [5.74, 6) is -1.95. The highest BCUT2D eigenvalue weighted by atomic mass is 32.1. The standard InChI is InChI=1S/C14H21N5O4S/c20-12(9-2-1-3-16-9)19-11(6-24)13(21)18-10(14(22)23)4-8-5-15-7-17-8/h5,7,9-11,16,24H,1-4,6H2,(H,15,17)(H,18,21)(H,19,20)(H,22,23)/t9-,10-,11-/m0/s1. The Hall–Kier alpha value is -2.07. The normalized spacial score (nSPS) is 19.5. The smallest absolute Gasteiger partial charge is 0.326 e. The van der Waals surface area contributed by atoms with Crippen molar-refractivity contribution in [3.63, 3.8) is 0 Å². The lowest BCUT2D eigenvalue weighted by atomic mass is 10.1. The fraction of sp³-hybridized carbons (Fsp3) is 0.571. The molecule has 0 aliphatic carbocycles. The highest BCUT2D eigenvalue weighted by Crippen LogP contribution is 2.06. The fourth-order valence-electron chi connectivity index (χ4n) is 2.46. The van der Waals surface area contributed by atoms with Crippen LogP contribution in [-0.2, 0) is 20.8 Å². The molecule has 0 aromatic carbocycles. The molecule has 1 fully saturated rings. The van der Waals surface area contributed by atoms with Gasteiger partial charge in [-0.2, -0.15) is 12.6 Å². The number of hydrogen-bond acceptors (Lipinski definition) is 6. The highest BCUT2D eigenvalue weighted by Gasteiger charge is 2.29. The van der Waals surface area contributed by atoms with Crippen LogP contribution in [0.2, 0.25) is 0 Å². The van der Waals surface area contributed by atoms with E-state index in [1.807, 2.05) is 0 Å². The number of rotatable bonds is 8. The third-order valence-corrected chi connectivity index (χ3v) is 4.15. The second-order valence-corrected chi connectivity index (χ2v) is 5.94. The minimum Gasteiger partial charge on any atom is -0.480 e. The topological polar surface area (TPSA) is 136 Å². The van der Waals surface area contributed by atoms with Crippen molar-refractivity contribution in [3.05, 3.63) is 18.2 Å². The molecule has 2 amide bonds. The summed E-state index contributed by atoms with van der Waals surface area (Å²) in [6, 6.07) is -2.34. The molecule has 0 bridgehead atoms. The van der Waals surface area contributed by atoms with E-state index in [9.17, 15) is 19.5 Å². The molecule has 0 unspecified atom stereocenters. The number of amides is 2. The van der Waals surface area contributed by atoms with Crippen LogP contribution in [0.1, 0.15) is 18.5 Å². The molecule has 0 saturated carbocycles. The first kappa shape index (κ1) is 18.3. The van der Waals surface area contributed by atoms with Crippen molar-refractivity contribution in [1.82, 2.24) is 25.9 Å². The number of thiol groups is 1. The molecule has 1 aliphatic heterocycles. The average molecular weight is 355 g/mol. The van der Waals surface area contributed by atoms with Crippen molar-refractivity contribution in [2.24, 2.45) is 0 Å². The molecule has 2 heterocycles. The number of carboxylic acid groups (broad SMARTS) is 1. The Morgan fingerprint density at radius 3 is 2.71 bits per heavy atom. The molecule has 2 rings (SSSR count). The van der Waals surface area contributed by atoms with Gasteiger partial charge in [0.25, 0.3) is 0 Å². The maximum atomic E-state index is 12.3. The van der Waals surface area contributed by atoms with E-state index in [0.717, 1.165) is 13.0 Å². The number of carbonyl (C=O) groups excluding carboxylic acids is 2. The summed E-state index contributed by atoms with van der Waals surface area (Å²) in [5, 5.41) is 17.3. The van der Waals surface area contributed by atoms with E-state index >= 15 is 0 Å². The van der Waals surface area contributed by atoms with Gasteiger partial charge in [-0.05, 0) is 19.4 Å². The molecular formula is C14H21N5O4S. The Kier molecular flexibility index (Phi) is 6.62. The first-order valence-electron chi connectivity index (χ1n) is 7.66. The van der Waals surface area contributed by atoms with E-state index in [0.29, 0.717) is 12.1 Å². The van der Waals surface area contributed by atoms with Crippen molar-refractivity contribution >= 4 is 30.4 Å². The maximum absolute atomic E-state index is 12.3. The van der Waals surface area contributed by atoms with Gasteiger partial charge in [-0.3, -0.25) is 9.59 Å². The van der Waals surface area contributed by atoms with E-state index in [1.54, 1.807) is 0 Å². The molecule has 5 N–H and O–H groups in total. The van der Waals surface area contributed by atoms with Gasteiger partial charge >= 0.3 is 5.97 Å². The molecule has 3 atom stereocenters. The summed E-state index contributed by atoms with van der Waals surface area (Å²) in [4.78, 5) is 42.3. The zero-order valence-corrected chi connectivity index (χ0v) is 13.9. The van der Waals surface area contributed by atoms with Gasteiger partial charge in [0.1, 0.15) is 12.1 Å². The Morgan fingerprint density at radius 1 is 1.38 bits per heavy atom. The van der Waals surface area contributed by atoms with Crippen LogP contribution in [0.4, 0.5) is 0 Å². The summed E-state index contributed by atoms with van der Waals surface area (Å²) in [6.07, 6.45) is 4.61. The number of H-pyrrole nitrogens is 1. The van der Waals surface area contributed by atoms with Crippen LogP contribution in [0.25, 0.3) is 0 Å². The van der Waals surface area contributed by atoms with E-state index in [4.69, 9.17) is 0 Å². The molecule has 0 spiro atoms.